The third-order valence-corrected chi connectivity index (χ3v) is 9.06. The lowest BCUT2D eigenvalue weighted by atomic mass is 9.95. The molecule has 1 aliphatic rings. The molecule has 0 aromatic heterocycles. The lowest BCUT2D eigenvalue weighted by molar-refractivity contribution is -0.123. The van der Waals surface area contributed by atoms with Crippen molar-refractivity contribution in [2.45, 2.75) is 49.4 Å². The lowest BCUT2D eigenvalue weighted by Gasteiger charge is -2.35. The standard InChI is InChI=1S/C17H27N3O5S2/c1-4-19(5-2)26(22,23)15-8-10-16(11-9-15)27(24,25)20-12-14(17(18)21)7-6-13(20)3/h8-11,13-14H,4-7,12H2,1-3H3,(H2,18,21). The van der Waals surface area contributed by atoms with Crippen LogP contribution in [0.1, 0.15) is 33.6 Å². The van der Waals surface area contributed by atoms with Gasteiger partial charge >= 0.3 is 0 Å². The van der Waals surface area contributed by atoms with E-state index in [-0.39, 0.29) is 22.4 Å². The Morgan fingerprint density at radius 3 is 2.07 bits per heavy atom. The maximum absolute atomic E-state index is 13.0. The highest BCUT2D eigenvalue weighted by atomic mass is 32.2. The number of nitrogens with zero attached hydrogens (tertiary/aromatic N) is 2. The fourth-order valence-corrected chi connectivity index (χ4v) is 6.44. The molecule has 8 nitrogen and oxygen atoms in total. The monoisotopic (exact) mass is 417 g/mol. The van der Waals surface area contributed by atoms with Crippen LogP contribution in [0.15, 0.2) is 34.1 Å². The maximum atomic E-state index is 13.0. The number of hydrogen-bond donors (Lipinski definition) is 1. The summed E-state index contributed by atoms with van der Waals surface area (Å²) in [5, 5.41) is 0. The van der Waals surface area contributed by atoms with Crippen LogP contribution in [0.3, 0.4) is 0 Å². The first-order valence-electron chi connectivity index (χ1n) is 8.97. The van der Waals surface area contributed by atoms with Crippen LogP contribution in [0, 0.1) is 5.92 Å². The van der Waals surface area contributed by atoms with Gasteiger partial charge in [0.05, 0.1) is 15.7 Å². The summed E-state index contributed by atoms with van der Waals surface area (Å²) < 4.78 is 53.6. The van der Waals surface area contributed by atoms with Gasteiger partial charge < -0.3 is 5.73 Å². The molecule has 0 aliphatic carbocycles. The molecule has 1 fully saturated rings. The number of amides is 1. The Bertz CT molecular complexity index is 878. The van der Waals surface area contributed by atoms with Gasteiger partial charge in [0.2, 0.25) is 26.0 Å². The molecule has 152 valence electrons. The normalized spacial score (nSPS) is 22.1. The van der Waals surface area contributed by atoms with Gasteiger partial charge in [-0.25, -0.2) is 16.8 Å². The molecule has 2 atom stereocenters. The number of primary amides is 1. The third-order valence-electron chi connectivity index (χ3n) is 5.00. The zero-order valence-electron chi connectivity index (χ0n) is 15.8. The zero-order chi connectivity index (χ0) is 20.4. The molecule has 2 rings (SSSR count). The number of benzene rings is 1. The smallest absolute Gasteiger partial charge is 0.243 e. The molecule has 2 unspecified atom stereocenters. The fourth-order valence-electron chi connectivity index (χ4n) is 3.27. The third kappa shape index (κ3) is 4.34. The second-order valence-corrected chi connectivity index (χ2v) is 10.5. The summed E-state index contributed by atoms with van der Waals surface area (Å²) in [7, 11) is -7.51. The van der Waals surface area contributed by atoms with Gasteiger partial charge in [0.25, 0.3) is 0 Å². The van der Waals surface area contributed by atoms with Gasteiger partial charge in [0.15, 0.2) is 0 Å². The second kappa shape index (κ2) is 8.26. The van der Waals surface area contributed by atoms with Crippen LogP contribution in [0.4, 0.5) is 0 Å². The number of nitrogens with two attached hydrogens (primary N) is 1. The Kier molecular flexibility index (Phi) is 6.67. The van der Waals surface area contributed by atoms with Crippen molar-refractivity contribution in [2.75, 3.05) is 19.6 Å². The van der Waals surface area contributed by atoms with Crippen LogP contribution in [-0.2, 0) is 24.8 Å². The highest BCUT2D eigenvalue weighted by Gasteiger charge is 2.37. The van der Waals surface area contributed by atoms with E-state index in [2.05, 4.69) is 0 Å². The number of carbonyl (C=O) groups is 1. The molecule has 1 heterocycles. The summed E-state index contributed by atoms with van der Waals surface area (Å²) >= 11 is 0. The number of carbonyl (C=O) groups excluding carboxylic acids is 1. The highest BCUT2D eigenvalue weighted by Crippen LogP contribution is 2.29. The van der Waals surface area contributed by atoms with Gasteiger partial charge in [-0.1, -0.05) is 13.8 Å². The maximum Gasteiger partial charge on any atom is 0.243 e. The molecule has 1 aliphatic heterocycles. The van der Waals surface area contributed by atoms with Crippen molar-refractivity contribution < 1.29 is 21.6 Å². The number of piperidine rings is 1. The van der Waals surface area contributed by atoms with Crippen LogP contribution in [0.5, 0.6) is 0 Å². The van der Waals surface area contributed by atoms with E-state index in [9.17, 15) is 21.6 Å². The van der Waals surface area contributed by atoms with E-state index >= 15 is 0 Å². The highest BCUT2D eigenvalue weighted by molar-refractivity contribution is 7.89. The molecular formula is C17H27N3O5S2. The van der Waals surface area contributed by atoms with Crippen LogP contribution < -0.4 is 5.73 Å². The number of rotatable bonds is 7. The first-order valence-corrected chi connectivity index (χ1v) is 11.8. The van der Waals surface area contributed by atoms with E-state index in [4.69, 9.17) is 5.73 Å². The molecule has 1 aromatic carbocycles. The van der Waals surface area contributed by atoms with Crippen molar-refractivity contribution in [3.63, 3.8) is 0 Å². The zero-order valence-corrected chi connectivity index (χ0v) is 17.5. The molecule has 1 aromatic rings. The predicted molar refractivity (Wildman–Crippen MR) is 102 cm³/mol. The average Bonchev–Trinajstić information content (AvgIpc) is 2.62. The first-order chi connectivity index (χ1) is 12.6. The average molecular weight is 418 g/mol. The second-order valence-electron chi connectivity index (χ2n) is 6.66. The molecule has 10 heteroatoms. The van der Waals surface area contributed by atoms with Crippen molar-refractivity contribution in [3.8, 4) is 0 Å². The van der Waals surface area contributed by atoms with Crippen molar-refractivity contribution in [1.29, 1.82) is 0 Å². The molecule has 1 amide bonds. The van der Waals surface area contributed by atoms with Crippen molar-refractivity contribution in [3.05, 3.63) is 24.3 Å². The van der Waals surface area contributed by atoms with E-state index in [0.29, 0.717) is 25.9 Å². The van der Waals surface area contributed by atoms with Gasteiger partial charge in [0, 0.05) is 25.7 Å². The fraction of sp³-hybridized carbons (Fsp3) is 0.588. The van der Waals surface area contributed by atoms with Gasteiger partial charge in [0.1, 0.15) is 0 Å². The van der Waals surface area contributed by atoms with Crippen LogP contribution in [0.25, 0.3) is 0 Å². The van der Waals surface area contributed by atoms with Crippen molar-refractivity contribution in [2.24, 2.45) is 11.7 Å². The quantitative estimate of drug-likeness (QED) is 0.710. The van der Waals surface area contributed by atoms with Gasteiger partial charge in [-0.05, 0) is 44.0 Å². The van der Waals surface area contributed by atoms with Crippen LogP contribution in [-0.4, -0.2) is 57.0 Å². The van der Waals surface area contributed by atoms with Gasteiger partial charge in [-0.3, -0.25) is 4.79 Å². The molecule has 2 N–H and O–H groups in total. The van der Waals surface area contributed by atoms with Crippen LogP contribution in [0.2, 0.25) is 0 Å². The Morgan fingerprint density at radius 2 is 1.59 bits per heavy atom. The van der Waals surface area contributed by atoms with Crippen LogP contribution >= 0.6 is 0 Å². The van der Waals surface area contributed by atoms with Crippen molar-refractivity contribution in [1.82, 2.24) is 8.61 Å². The topological polar surface area (TPSA) is 118 Å². The molecule has 0 radical (unpaired) electrons. The van der Waals surface area contributed by atoms with E-state index < -0.39 is 31.9 Å². The van der Waals surface area contributed by atoms with E-state index in [0.717, 1.165) is 0 Å². The minimum atomic E-state index is -3.85. The lowest BCUT2D eigenvalue weighted by Crippen LogP contribution is -2.48. The minimum absolute atomic E-state index is 0.00188. The Labute approximate surface area is 161 Å². The SMILES string of the molecule is CCN(CC)S(=O)(=O)c1ccc(S(=O)(=O)N2CC(C(N)=O)CCC2C)cc1. The van der Waals surface area contributed by atoms with Gasteiger partial charge in [-0.2, -0.15) is 8.61 Å². The molecule has 0 spiro atoms. The Hall–Kier alpha value is -1.49. The summed E-state index contributed by atoms with van der Waals surface area (Å²) in [5.74, 6) is -1.03. The minimum Gasteiger partial charge on any atom is -0.369 e. The Morgan fingerprint density at radius 1 is 1.07 bits per heavy atom. The number of hydrogen-bond acceptors (Lipinski definition) is 5. The summed E-state index contributed by atoms with van der Waals surface area (Å²) in [5.41, 5.74) is 5.35. The van der Waals surface area contributed by atoms with Gasteiger partial charge in [-0.15, -0.1) is 0 Å². The predicted octanol–water partition coefficient (Wildman–Crippen LogP) is 0.992. The number of sulfonamides is 2. The summed E-state index contributed by atoms with van der Waals surface area (Å²) in [6, 6.07) is 4.95. The molecule has 0 bridgehead atoms. The summed E-state index contributed by atoms with van der Waals surface area (Å²) in [6.45, 7) is 5.98. The largest absolute Gasteiger partial charge is 0.369 e. The molecular weight excluding hydrogens is 390 g/mol. The summed E-state index contributed by atoms with van der Waals surface area (Å²) in [6.07, 6.45) is 1.10. The van der Waals surface area contributed by atoms with E-state index in [1.165, 1.54) is 32.9 Å². The van der Waals surface area contributed by atoms with Crippen molar-refractivity contribution >= 4 is 26.0 Å². The first kappa shape index (κ1) is 21.8. The van der Waals surface area contributed by atoms with E-state index in [1.807, 2.05) is 0 Å². The molecule has 0 saturated carbocycles. The Balaban J connectivity index is 2.33. The summed E-state index contributed by atoms with van der Waals surface area (Å²) in [4.78, 5) is 11.5. The van der Waals surface area contributed by atoms with E-state index in [1.54, 1.807) is 20.8 Å². The molecule has 27 heavy (non-hydrogen) atoms. The molecule has 1 saturated heterocycles.